The van der Waals surface area contributed by atoms with E-state index in [0.717, 1.165) is 29.7 Å². The fraction of sp³-hybridized carbons (Fsp3) is 0.412. The van der Waals surface area contributed by atoms with E-state index in [1.54, 1.807) is 13.1 Å². The van der Waals surface area contributed by atoms with E-state index < -0.39 is 26.7 Å². The van der Waals surface area contributed by atoms with Crippen molar-refractivity contribution in [1.82, 2.24) is 9.78 Å². The molecular weight excluding hydrogens is 326 g/mol. The van der Waals surface area contributed by atoms with E-state index >= 15 is 0 Å². The lowest BCUT2D eigenvalue weighted by molar-refractivity contribution is -0.113. The molecule has 0 fully saturated rings. The van der Waals surface area contributed by atoms with Gasteiger partial charge in [-0.05, 0) is 37.3 Å². The van der Waals surface area contributed by atoms with Crippen LogP contribution in [0.25, 0.3) is 0 Å². The monoisotopic (exact) mass is 347 g/mol. The first kappa shape index (κ1) is 16.7. The van der Waals surface area contributed by atoms with Gasteiger partial charge in [-0.2, -0.15) is 5.10 Å². The SMILES string of the molecule is Cc1cc(NC(=O)CS(=O)(=O)[C@@H]2CCCc3ccccc32)n(C)n1. The summed E-state index contributed by atoms with van der Waals surface area (Å²) in [5.41, 5.74) is 2.67. The number of benzene rings is 1. The molecule has 1 heterocycles. The number of carbonyl (C=O) groups is 1. The number of nitrogens with one attached hydrogen (secondary N) is 1. The number of carbonyl (C=O) groups excluding carboxylic acids is 1. The number of aryl methyl sites for hydroxylation is 3. The largest absolute Gasteiger partial charge is 0.310 e. The van der Waals surface area contributed by atoms with Crippen molar-refractivity contribution in [2.45, 2.75) is 31.4 Å². The highest BCUT2D eigenvalue weighted by Crippen LogP contribution is 2.35. The summed E-state index contributed by atoms with van der Waals surface area (Å²) in [4.78, 5) is 12.2. The van der Waals surface area contributed by atoms with E-state index in [9.17, 15) is 13.2 Å². The molecule has 0 bridgehead atoms. The molecule has 0 saturated carbocycles. The zero-order valence-corrected chi connectivity index (χ0v) is 14.6. The summed E-state index contributed by atoms with van der Waals surface area (Å²) in [6, 6.07) is 9.31. The Morgan fingerprint density at radius 3 is 2.83 bits per heavy atom. The van der Waals surface area contributed by atoms with Gasteiger partial charge in [0.05, 0.1) is 10.9 Å². The molecular formula is C17H21N3O3S. The standard InChI is InChI=1S/C17H21N3O3S/c1-12-10-16(20(2)19-12)18-17(21)11-24(22,23)15-9-5-7-13-6-3-4-8-14(13)15/h3-4,6,8,10,15H,5,7,9,11H2,1-2H3,(H,18,21)/t15-/m1/s1. The minimum absolute atomic E-state index is 0.497. The second kappa shape index (κ2) is 6.39. The number of hydrogen-bond acceptors (Lipinski definition) is 4. The van der Waals surface area contributed by atoms with Crippen molar-refractivity contribution >= 4 is 21.6 Å². The van der Waals surface area contributed by atoms with Crippen LogP contribution in [0, 0.1) is 6.92 Å². The summed E-state index contributed by atoms with van der Waals surface area (Å²) in [6.45, 7) is 1.81. The summed E-state index contributed by atoms with van der Waals surface area (Å²) in [5, 5.41) is 6.17. The lowest BCUT2D eigenvalue weighted by atomic mass is 9.91. The van der Waals surface area contributed by atoms with Gasteiger partial charge >= 0.3 is 0 Å². The first-order valence-corrected chi connectivity index (χ1v) is 9.68. The van der Waals surface area contributed by atoms with Crippen LogP contribution in [0.2, 0.25) is 0 Å². The van der Waals surface area contributed by atoms with Crippen molar-refractivity contribution in [2.75, 3.05) is 11.1 Å². The lowest BCUT2D eigenvalue weighted by Crippen LogP contribution is -2.29. The molecule has 1 aromatic carbocycles. The van der Waals surface area contributed by atoms with Gasteiger partial charge in [0, 0.05) is 13.1 Å². The Kier molecular flexibility index (Phi) is 4.45. The van der Waals surface area contributed by atoms with Crippen molar-refractivity contribution in [3.63, 3.8) is 0 Å². The molecule has 1 N–H and O–H groups in total. The lowest BCUT2D eigenvalue weighted by Gasteiger charge is -2.25. The van der Waals surface area contributed by atoms with Crippen molar-refractivity contribution in [1.29, 1.82) is 0 Å². The molecule has 0 unspecified atom stereocenters. The van der Waals surface area contributed by atoms with Crippen LogP contribution in [0.1, 0.15) is 34.9 Å². The van der Waals surface area contributed by atoms with Crippen LogP contribution in [-0.4, -0.2) is 29.9 Å². The normalized spacial score (nSPS) is 17.3. The third kappa shape index (κ3) is 3.36. The maximum atomic E-state index is 12.8. The van der Waals surface area contributed by atoms with Crippen LogP contribution >= 0.6 is 0 Å². The average molecular weight is 347 g/mol. The summed E-state index contributed by atoms with van der Waals surface area (Å²) < 4.78 is 27.0. The molecule has 0 spiro atoms. The van der Waals surface area contributed by atoms with Crippen molar-refractivity contribution in [3.8, 4) is 0 Å². The Morgan fingerprint density at radius 2 is 2.12 bits per heavy atom. The molecule has 1 aromatic heterocycles. The van der Waals surface area contributed by atoms with Crippen molar-refractivity contribution in [2.24, 2.45) is 7.05 Å². The molecule has 24 heavy (non-hydrogen) atoms. The van der Waals surface area contributed by atoms with Gasteiger partial charge in [0.25, 0.3) is 0 Å². The summed E-state index contributed by atoms with van der Waals surface area (Å²) >= 11 is 0. The van der Waals surface area contributed by atoms with Crippen LogP contribution in [0.4, 0.5) is 5.82 Å². The molecule has 1 aliphatic rings. The van der Waals surface area contributed by atoms with Gasteiger partial charge in [-0.3, -0.25) is 9.48 Å². The van der Waals surface area contributed by atoms with Crippen LogP contribution in [-0.2, 0) is 28.1 Å². The van der Waals surface area contributed by atoms with Gasteiger partial charge in [0.2, 0.25) is 5.91 Å². The Labute approximate surface area is 141 Å². The molecule has 1 atom stereocenters. The first-order valence-electron chi connectivity index (χ1n) is 7.96. The number of fused-ring (bicyclic) bond motifs is 1. The number of hydrogen-bond donors (Lipinski definition) is 1. The Morgan fingerprint density at radius 1 is 1.38 bits per heavy atom. The van der Waals surface area contributed by atoms with Gasteiger partial charge < -0.3 is 5.32 Å². The van der Waals surface area contributed by atoms with E-state index in [1.807, 2.05) is 31.2 Å². The number of amides is 1. The third-order valence-corrected chi connectivity index (χ3v) is 6.37. The van der Waals surface area contributed by atoms with Crippen LogP contribution in [0.15, 0.2) is 30.3 Å². The second-order valence-corrected chi connectivity index (χ2v) is 8.41. The van der Waals surface area contributed by atoms with Gasteiger partial charge in [0.15, 0.2) is 9.84 Å². The Balaban J connectivity index is 1.77. The number of sulfone groups is 1. The highest BCUT2D eigenvalue weighted by atomic mass is 32.2. The first-order chi connectivity index (χ1) is 11.4. The van der Waals surface area contributed by atoms with Gasteiger partial charge in [0.1, 0.15) is 11.6 Å². The Bertz CT molecular complexity index is 871. The van der Waals surface area contributed by atoms with Crippen molar-refractivity contribution < 1.29 is 13.2 Å². The zero-order chi connectivity index (χ0) is 17.3. The van der Waals surface area contributed by atoms with Crippen LogP contribution in [0.5, 0.6) is 0 Å². The van der Waals surface area contributed by atoms with Crippen LogP contribution in [0.3, 0.4) is 0 Å². The van der Waals surface area contributed by atoms with E-state index in [0.29, 0.717) is 12.2 Å². The highest BCUT2D eigenvalue weighted by molar-refractivity contribution is 7.92. The maximum absolute atomic E-state index is 12.8. The van der Waals surface area contributed by atoms with Gasteiger partial charge in [-0.25, -0.2) is 8.42 Å². The number of aromatic nitrogens is 2. The predicted octanol–water partition coefficient (Wildman–Crippen LogP) is 2.16. The minimum atomic E-state index is -3.56. The smallest absolute Gasteiger partial charge is 0.240 e. The number of nitrogens with zero attached hydrogens (tertiary/aromatic N) is 2. The third-order valence-electron chi connectivity index (χ3n) is 4.35. The summed E-state index contributed by atoms with van der Waals surface area (Å²) in [5.74, 6) is -0.547. The number of rotatable bonds is 4. The minimum Gasteiger partial charge on any atom is -0.310 e. The fourth-order valence-electron chi connectivity index (χ4n) is 3.27. The molecule has 7 heteroatoms. The average Bonchev–Trinajstić information content (AvgIpc) is 2.83. The molecule has 1 amide bonds. The van der Waals surface area contributed by atoms with Gasteiger partial charge in [-0.15, -0.1) is 0 Å². The summed E-state index contributed by atoms with van der Waals surface area (Å²) in [6.07, 6.45) is 2.28. The topological polar surface area (TPSA) is 81.1 Å². The molecule has 128 valence electrons. The molecule has 6 nitrogen and oxygen atoms in total. The van der Waals surface area contributed by atoms with Gasteiger partial charge in [-0.1, -0.05) is 24.3 Å². The molecule has 0 aliphatic heterocycles. The molecule has 3 rings (SSSR count). The zero-order valence-electron chi connectivity index (χ0n) is 13.8. The van der Waals surface area contributed by atoms with E-state index in [1.165, 1.54) is 4.68 Å². The van der Waals surface area contributed by atoms with E-state index in [2.05, 4.69) is 10.4 Å². The molecule has 2 aromatic rings. The number of anilines is 1. The Hall–Kier alpha value is -2.15. The quantitative estimate of drug-likeness (QED) is 0.919. The second-order valence-electron chi connectivity index (χ2n) is 6.23. The summed E-state index contributed by atoms with van der Waals surface area (Å²) in [7, 11) is -1.86. The van der Waals surface area contributed by atoms with Crippen molar-refractivity contribution in [3.05, 3.63) is 47.2 Å². The molecule has 1 aliphatic carbocycles. The fourth-order valence-corrected chi connectivity index (χ4v) is 5.05. The van der Waals surface area contributed by atoms with Crippen LogP contribution < -0.4 is 5.32 Å². The molecule has 0 saturated heterocycles. The predicted molar refractivity (Wildman–Crippen MR) is 92.5 cm³/mol. The van der Waals surface area contributed by atoms with E-state index in [-0.39, 0.29) is 0 Å². The maximum Gasteiger partial charge on any atom is 0.240 e. The van der Waals surface area contributed by atoms with E-state index in [4.69, 9.17) is 0 Å². The molecule has 0 radical (unpaired) electrons. The highest BCUT2D eigenvalue weighted by Gasteiger charge is 2.33.